The predicted molar refractivity (Wildman–Crippen MR) is 97.9 cm³/mol. The minimum atomic E-state index is -0.114. The normalized spacial score (nSPS) is 18.2. The number of nitrogens with zero attached hydrogens (tertiary/aromatic N) is 1. The molecule has 6 heteroatoms. The maximum Gasteiger partial charge on any atom is 0.310 e. The molecular weight excluding hydrogens is 372 g/mol. The van der Waals surface area contributed by atoms with Crippen LogP contribution in [0.5, 0.6) is 0 Å². The maximum absolute atomic E-state index is 12.1. The molecule has 1 amide bonds. The van der Waals surface area contributed by atoms with E-state index < -0.39 is 0 Å². The first-order chi connectivity index (χ1) is 11.5. The highest BCUT2D eigenvalue weighted by molar-refractivity contribution is 9.10. The van der Waals surface area contributed by atoms with Crippen molar-refractivity contribution in [3.63, 3.8) is 0 Å². The molecule has 1 heterocycles. The molecule has 5 nitrogen and oxygen atoms in total. The average Bonchev–Trinajstić information content (AvgIpc) is 2.57. The summed E-state index contributed by atoms with van der Waals surface area (Å²) in [6.45, 7) is 6.52. The van der Waals surface area contributed by atoms with Crippen molar-refractivity contribution in [3.05, 3.63) is 28.2 Å². The van der Waals surface area contributed by atoms with E-state index in [0.717, 1.165) is 35.1 Å². The summed E-state index contributed by atoms with van der Waals surface area (Å²) in [6, 6.07) is 5.76. The predicted octanol–water partition coefficient (Wildman–Crippen LogP) is 3.36. The third-order valence-corrected chi connectivity index (χ3v) is 5.11. The van der Waals surface area contributed by atoms with Gasteiger partial charge in [-0.15, -0.1) is 0 Å². The molecule has 1 fully saturated rings. The van der Waals surface area contributed by atoms with Gasteiger partial charge in [0.15, 0.2) is 0 Å². The van der Waals surface area contributed by atoms with E-state index in [9.17, 15) is 9.59 Å². The first kappa shape index (κ1) is 18.9. The van der Waals surface area contributed by atoms with Gasteiger partial charge in [-0.25, -0.2) is 0 Å². The van der Waals surface area contributed by atoms with Crippen molar-refractivity contribution in [2.45, 2.75) is 33.1 Å². The second-order valence-electron chi connectivity index (χ2n) is 6.15. The van der Waals surface area contributed by atoms with Gasteiger partial charge in [0.2, 0.25) is 5.91 Å². The minimum Gasteiger partial charge on any atom is -0.466 e. The number of halogens is 1. The zero-order chi connectivity index (χ0) is 17.5. The Kier molecular flexibility index (Phi) is 7.24. The van der Waals surface area contributed by atoms with Crippen LogP contribution >= 0.6 is 15.9 Å². The third-order valence-electron chi connectivity index (χ3n) is 4.22. The minimum absolute atomic E-state index is 0.00465. The Bertz CT molecular complexity index is 592. The molecule has 1 saturated heterocycles. The number of anilines is 1. The molecule has 132 valence electrons. The number of benzene rings is 1. The van der Waals surface area contributed by atoms with Crippen LogP contribution < -0.4 is 5.32 Å². The highest BCUT2D eigenvalue weighted by Crippen LogP contribution is 2.21. The van der Waals surface area contributed by atoms with Gasteiger partial charge in [-0.3, -0.25) is 9.59 Å². The van der Waals surface area contributed by atoms with Crippen molar-refractivity contribution in [1.29, 1.82) is 0 Å². The summed E-state index contributed by atoms with van der Waals surface area (Å²) in [4.78, 5) is 26.2. The van der Waals surface area contributed by atoms with Crippen molar-refractivity contribution in [1.82, 2.24) is 4.90 Å². The highest BCUT2D eigenvalue weighted by Gasteiger charge is 2.26. The van der Waals surface area contributed by atoms with Crippen LogP contribution in [-0.2, 0) is 14.3 Å². The van der Waals surface area contributed by atoms with E-state index in [1.54, 1.807) is 0 Å². The number of carbonyl (C=O) groups excluding carboxylic acids is 2. The van der Waals surface area contributed by atoms with Gasteiger partial charge in [0.25, 0.3) is 0 Å². The van der Waals surface area contributed by atoms with Crippen LogP contribution in [0.25, 0.3) is 0 Å². The fourth-order valence-electron chi connectivity index (χ4n) is 2.92. The van der Waals surface area contributed by atoms with Crippen molar-refractivity contribution < 1.29 is 14.3 Å². The summed E-state index contributed by atoms with van der Waals surface area (Å²) in [7, 11) is 0. The molecule has 1 aliphatic heterocycles. The standard InChI is InChI=1S/C18H25BrN2O3/c1-3-24-18(23)14-5-4-9-21(12-14)10-8-17(22)20-15-6-7-16(19)13(2)11-15/h6-7,11,14H,3-5,8-10,12H2,1-2H3,(H,20,22)/t14-/m1/s1. The zero-order valence-corrected chi connectivity index (χ0v) is 15.9. The van der Waals surface area contributed by atoms with Gasteiger partial charge in [0.1, 0.15) is 0 Å². The highest BCUT2D eigenvalue weighted by atomic mass is 79.9. The summed E-state index contributed by atoms with van der Waals surface area (Å²) in [6.07, 6.45) is 2.27. The lowest BCUT2D eigenvalue weighted by molar-refractivity contribution is -0.149. The molecule has 0 saturated carbocycles. The summed E-state index contributed by atoms with van der Waals surface area (Å²) in [5.74, 6) is -0.178. The smallest absolute Gasteiger partial charge is 0.310 e. The van der Waals surface area contributed by atoms with Crippen LogP contribution in [0.15, 0.2) is 22.7 Å². The number of ether oxygens (including phenoxy) is 1. The number of esters is 1. The monoisotopic (exact) mass is 396 g/mol. The second-order valence-corrected chi connectivity index (χ2v) is 7.01. The Morgan fingerprint density at radius 3 is 2.92 bits per heavy atom. The topological polar surface area (TPSA) is 58.6 Å². The first-order valence-corrected chi connectivity index (χ1v) is 9.24. The summed E-state index contributed by atoms with van der Waals surface area (Å²) in [5, 5.41) is 2.93. The second kappa shape index (κ2) is 9.18. The van der Waals surface area contributed by atoms with Gasteiger partial charge in [-0.2, -0.15) is 0 Å². The first-order valence-electron chi connectivity index (χ1n) is 8.44. The van der Waals surface area contributed by atoms with Gasteiger partial charge >= 0.3 is 5.97 Å². The number of piperidine rings is 1. The number of likely N-dealkylation sites (tertiary alicyclic amines) is 1. The fraction of sp³-hybridized carbons (Fsp3) is 0.556. The number of hydrogen-bond acceptors (Lipinski definition) is 4. The van der Waals surface area contributed by atoms with Crippen LogP contribution in [0.1, 0.15) is 31.7 Å². The van der Waals surface area contributed by atoms with Crippen LogP contribution in [0.4, 0.5) is 5.69 Å². The van der Waals surface area contributed by atoms with Crippen LogP contribution in [0, 0.1) is 12.8 Å². The van der Waals surface area contributed by atoms with Crippen molar-refractivity contribution in [3.8, 4) is 0 Å². The van der Waals surface area contributed by atoms with Crippen LogP contribution in [-0.4, -0.2) is 43.0 Å². The Balaban J connectivity index is 1.78. The molecule has 0 aromatic heterocycles. The van der Waals surface area contributed by atoms with Gasteiger partial charge in [-0.1, -0.05) is 15.9 Å². The third kappa shape index (κ3) is 5.60. The molecule has 0 radical (unpaired) electrons. The number of carbonyl (C=O) groups is 2. The Hall–Kier alpha value is -1.40. The van der Waals surface area contributed by atoms with Crippen molar-refractivity contribution >= 4 is 33.5 Å². The Labute approximate surface area is 151 Å². The number of hydrogen-bond donors (Lipinski definition) is 1. The number of amides is 1. The molecule has 0 bridgehead atoms. The maximum atomic E-state index is 12.1. The Morgan fingerprint density at radius 1 is 1.42 bits per heavy atom. The molecule has 0 aliphatic carbocycles. The summed E-state index contributed by atoms with van der Waals surface area (Å²) < 4.78 is 6.13. The molecule has 1 aromatic carbocycles. The molecule has 0 unspecified atom stereocenters. The molecular formula is C18H25BrN2O3. The summed E-state index contributed by atoms with van der Waals surface area (Å²) >= 11 is 3.45. The van der Waals surface area contributed by atoms with Crippen LogP contribution in [0.2, 0.25) is 0 Å². The van der Waals surface area contributed by atoms with E-state index in [1.165, 1.54) is 0 Å². The Morgan fingerprint density at radius 2 is 2.21 bits per heavy atom. The van der Waals surface area contributed by atoms with E-state index in [4.69, 9.17) is 4.74 Å². The number of aryl methyl sites for hydroxylation is 1. The quantitative estimate of drug-likeness (QED) is 0.748. The lowest BCUT2D eigenvalue weighted by Crippen LogP contribution is -2.40. The lowest BCUT2D eigenvalue weighted by atomic mass is 9.98. The van der Waals surface area contributed by atoms with E-state index in [1.807, 2.05) is 32.0 Å². The van der Waals surface area contributed by atoms with Crippen molar-refractivity contribution in [2.75, 3.05) is 31.6 Å². The van der Waals surface area contributed by atoms with Crippen molar-refractivity contribution in [2.24, 2.45) is 5.92 Å². The molecule has 1 N–H and O–H groups in total. The fourth-order valence-corrected chi connectivity index (χ4v) is 3.16. The van der Waals surface area contributed by atoms with Gasteiger partial charge < -0.3 is 15.0 Å². The largest absolute Gasteiger partial charge is 0.466 e. The molecule has 24 heavy (non-hydrogen) atoms. The van der Waals surface area contributed by atoms with Crippen LogP contribution in [0.3, 0.4) is 0 Å². The van der Waals surface area contributed by atoms with Gasteiger partial charge in [-0.05, 0) is 57.0 Å². The van der Waals surface area contributed by atoms with Gasteiger partial charge in [0, 0.05) is 29.7 Å². The molecule has 2 rings (SSSR count). The molecule has 1 aromatic rings. The lowest BCUT2D eigenvalue weighted by Gasteiger charge is -2.31. The van der Waals surface area contributed by atoms with E-state index in [2.05, 4.69) is 26.1 Å². The number of nitrogens with one attached hydrogen (secondary N) is 1. The number of rotatable bonds is 6. The molecule has 1 aliphatic rings. The van der Waals surface area contributed by atoms with E-state index >= 15 is 0 Å². The zero-order valence-electron chi connectivity index (χ0n) is 14.3. The molecule has 1 atom stereocenters. The molecule has 0 spiro atoms. The summed E-state index contributed by atoms with van der Waals surface area (Å²) in [5.41, 5.74) is 1.89. The average molecular weight is 397 g/mol. The SMILES string of the molecule is CCOC(=O)[C@@H]1CCCN(CCC(=O)Nc2ccc(Br)c(C)c2)C1. The van der Waals surface area contributed by atoms with E-state index in [-0.39, 0.29) is 17.8 Å². The van der Waals surface area contributed by atoms with E-state index in [0.29, 0.717) is 26.1 Å². The van der Waals surface area contributed by atoms with Gasteiger partial charge in [0.05, 0.1) is 12.5 Å².